The van der Waals surface area contributed by atoms with E-state index in [1.807, 2.05) is 6.07 Å². The van der Waals surface area contributed by atoms with E-state index in [9.17, 15) is 13.2 Å². The van der Waals surface area contributed by atoms with Crippen LogP contribution in [0.1, 0.15) is 11.1 Å². The van der Waals surface area contributed by atoms with Crippen molar-refractivity contribution in [2.24, 2.45) is 0 Å². The Morgan fingerprint density at radius 1 is 1.05 bits per heavy atom. The van der Waals surface area contributed by atoms with Crippen LogP contribution < -0.4 is 0 Å². The molecular weight excluding hydrogens is 289 g/mol. The molecule has 1 aromatic heterocycles. The van der Waals surface area contributed by atoms with Gasteiger partial charge in [-0.1, -0.05) is 24.3 Å². The predicted octanol–water partition coefficient (Wildman–Crippen LogP) is 4.81. The number of hydrogen-bond donors (Lipinski definition) is 1. The first-order chi connectivity index (χ1) is 10.5. The molecule has 3 aromatic rings. The van der Waals surface area contributed by atoms with E-state index < -0.39 is 12.6 Å². The van der Waals surface area contributed by atoms with Gasteiger partial charge in [0.2, 0.25) is 0 Å². The van der Waals surface area contributed by atoms with Crippen LogP contribution in [0.15, 0.2) is 48.7 Å². The second-order valence-corrected chi connectivity index (χ2v) is 5.02. The van der Waals surface area contributed by atoms with Gasteiger partial charge in [0.15, 0.2) is 0 Å². The minimum absolute atomic E-state index is 0.221. The molecule has 0 spiro atoms. The number of nitrogens with zero attached hydrogens (tertiary/aromatic N) is 1. The van der Waals surface area contributed by atoms with Crippen molar-refractivity contribution in [2.75, 3.05) is 0 Å². The Bertz CT molecular complexity index is 869. The highest BCUT2D eigenvalue weighted by Gasteiger charge is 2.29. The molecule has 0 fully saturated rings. The van der Waals surface area contributed by atoms with Crippen LogP contribution in [-0.4, -0.2) is 11.2 Å². The molecule has 0 aliphatic heterocycles. The Morgan fingerprint density at radius 3 is 2.55 bits per heavy atom. The molecule has 0 unspecified atom stereocenters. The number of aromatic nitrogens is 1. The molecule has 2 aromatic carbocycles. The van der Waals surface area contributed by atoms with Gasteiger partial charge in [-0.3, -0.25) is 0 Å². The Hall–Kier alpha value is -2.74. The second kappa shape index (κ2) is 5.23. The average Bonchev–Trinajstić information content (AvgIpc) is 2.89. The van der Waals surface area contributed by atoms with E-state index in [2.05, 4.69) is 4.98 Å². The van der Waals surface area contributed by atoms with Crippen LogP contribution in [-0.2, 0) is 6.42 Å². The van der Waals surface area contributed by atoms with Gasteiger partial charge < -0.3 is 4.98 Å². The Morgan fingerprint density at radius 2 is 1.82 bits per heavy atom. The highest BCUT2D eigenvalue weighted by atomic mass is 19.4. The number of aromatic amines is 1. The lowest BCUT2D eigenvalue weighted by molar-refractivity contribution is -0.127. The van der Waals surface area contributed by atoms with Gasteiger partial charge in [-0.15, -0.1) is 0 Å². The summed E-state index contributed by atoms with van der Waals surface area (Å²) >= 11 is 0. The van der Waals surface area contributed by atoms with Crippen LogP contribution >= 0.6 is 0 Å². The lowest BCUT2D eigenvalue weighted by Crippen LogP contribution is -2.12. The lowest BCUT2D eigenvalue weighted by Gasteiger charge is -2.11. The number of fused-ring (bicyclic) bond motifs is 1. The molecule has 5 heteroatoms. The van der Waals surface area contributed by atoms with Crippen molar-refractivity contribution < 1.29 is 13.2 Å². The smallest absolute Gasteiger partial charge is 0.361 e. The summed E-state index contributed by atoms with van der Waals surface area (Å²) in [7, 11) is 0. The zero-order valence-electron chi connectivity index (χ0n) is 11.4. The van der Waals surface area contributed by atoms with Crippen LogP contribution in [0.2, 0.25) is 0 Å². The molecular formula is C17H11F3N2. The maximum absolute atomic E-state index is 12.7. The highest BCUT2D eigenvalue weighted by molar-refractivity contribution is 5.97. The van der Waals surface area contributed by atoms with Crippen LogP contribution in [0.3, 0.4) is 0 Å². The molecule has 110 valence electrons. The van der Waals surface area contributed by atoms with E-state index >= 15 is 0 Å². The minimum Gasteiger partial charge on any atom is -0.361 e. The Kier molecular flexibility index (Phi) is 3.38. The van der Waals surface area contributed by atoms with E-state index in [1.165, 1.54) is 6.07 Å². The minimum atomic E-state index is -4.26. The van der Waals surface area contributed by atoms with E-state index in [4.69, 9.17) is 5.26 Å². The van der Waals surface area contributed by atoms with E-state index in [0.29, 0.717) is 16.7 Å². The van der Waals surface area contributed by atoms with Crippen LogP contribution in [0.25, 0.3) is 22.0 Å². The maximum Gasteiger partial charge on any atom is 0.393 e. The normalized spacial score (nSPS) is 11.5. The highest BCUT2D eigenvalue weighted by Crippen LogP contribution is 2.34. The van der Waals surface area contributed by atoms with Gasteiger partial charge in [0.25, 0.3) is 0 Å². The maximum atomic E-state index is 12.7. The molecule has 1 N–H and O–H groups in total. The van der Waals surface area contributed by atoms with Crippen molar-refractivity contribution >= 4 is 10.9 Å². The molecule has 1 heterocycles. The van der Waals surface area contributed by atoms with Crippen molar-refractivity contribution in [2.45, 2.75) is 12.6 Å². The van der Waals surface area contributed by atoms with Gasteiger partial charge >= 0.3 is 6.18 Å². The van der Waals surface area contributed by atoms with E-state index in [0.717, 1.165) is 10.9 Å². The van der Waals surface area contributed by atoms with Crippen LogP contribution in [0.5, 0.6) is 0 Å². The summed E-state index contributed by atoms with van der Waals surface area (Å²) in [5.74, 6) is 0. The average molecular weight is 300 g/mol. The molecule has 3 rings (SSSR count). The third-order valence-corrected chi connectivity index (χ3v) is 3.51. The number of benzene rings is 2. The molecule has 0 radical (unpaired) electrons. The number of halogens is 3. The van der Waals surface area contributed by atoms with E-state index in [-0.39, 0.29) is 5.56 Å². The molecule has 0 bridgehead atoms. The van der Waals surface area contributed by atoms with Gasteiger partial charge in [0.05, 0.1) is 18.1 Å². The number of hydrogen-bond acceptors (Lipinski definition) is 1. The number of rotatable bonds is 2. The standard InChI is InChI=1S/C17H11F3N2/c18-17(19,20)8-12-3-1-2-4-13(12)15-10-22-16-6-5-11(9-21)7-14(15)16/h1-7,10,22H,8H2. The van der Waals surface area contributed by atoms with Gasteiger partial charge in [0.1, 0.15) is 0 Å². The van der Waals surface area contributed by atoms with Crippen LogP contribution in [0, 0.1) is 11.3 Å². The van der Waals surface area contributed by atoms with Crippen molar-refractivity contribution in [3.05, 3.63) is 59.8 Å². The molecule has 0 saturated carbocycles. The fraction of sp³-hybridized carbons (Fsp3) is 0.118. The third-order valence-electron chi connectivity index (χ3n) is 3.51. The fourth-order valence-corrected chi connectivity index (χ4v) is 2.57. The molecule has 0 aliphatic rings. The summed E-state index contributed by atoms with van der Waals surface area (Å²) in [4.78, 5) is 3.04. The zero-order valence-corrected chi connectivity index (χ0v) is 11.4. The summed E-state index contributed by atoms with van der Waals surface area (Å²) in [5, 5.41) is 9.74. The van der Waals surface area contributed by atoms with Crippen LogP contribution in [0.4, 0.5) is 13.2 Å². The zero-order chi connectivity index (χ0) is 15.7. The van der Waals surface area contributed by atoms with Crippen molar-refractivity contribution in [1.29, 1.82) is 5.26 Å². The SMILES string of the molecule is N#Cc1ccc2[nH]cc(-c3ccccc3CC(F)(F)F)c2c1. The number of H-pyrrole nitrogens is 1. The monoisotopic (exact) mass is 300 g/mol. The summed E-state index contributed by atoms with van der Waals surface area (Å²) in [6, 6.07) is 13.6. The fourth-order valence-electron chi connectivity index (χ4n) is 2.57. The number of nitrogens with one attached hydrogen (secondary N) is 1. The van der Waals surface area contributed by atoms with Crippen molar-refractivity contribution in [1.82, 2.24) is 4.98 Å². The van der Waals surface area contributed by atoms with Gasteiger partial charge in [-0.05, 0) is 29.3 Å². The molecule has 2 nitrogen and oxygen atoms in total. The molecule has 0 aliphatic carbocycles. The molecule has 0 saturated heterocycles. The summed E-state index contributed by atoms with van der Waals surface area (Å²) in [6.07, 6.45) is -3.56. The van der Waals surface area contributed by atoms with Crippen molar-refractivity contribution in [3.63, 3.8) is 0 Å². The summed E-state index contributed by atoms with van der Waals surface area (Å²) in [5.41, 5.74) is 2.68. The van der Waals surface area contributed by atoms with Gasteiger partial charge in [-0.25, -0.2) is 0 Å². The number of alkyl halides is 3. The summed E-state index contributed by atoms with van der Waals surface area (Å²) in [6.45, 7) is 0. The first-order valence-electron chi connectivity index (χ1n) is 6.64. The third kappa shape index (κ3) is 2.68. The molecule has 0 amide bonds. The van der Waals surface area contributed by atoms with Gasteiger partial charge in [0, 0.05) is 22.7 Å². The Labute approximate surface area is 124 Å². The quantitative estimate of drug-likeness (QED) is 0.724. The topological polar surface area (TPSA) is 39.6 Å². The number of nitriles is 1. The van der Waals surface area contributed by atoms with E-state index in [1.54, 1.807) is 42.6 Å². The predicted molar refractivity (Wildman–Crippen MR) is 78.2 cm³/mol. The lowest BCUT2D eigenvalue weighted by atomic mass is 9.96. The Balaban J connectivity index is 2.18. The summed E-state index contributed by atoms with van der Waals surface area (Å²) < 4.78 is 38.2. The largest absolute Gasteiger partial charge is 0.393 e. The van der Waals surface area contributed by atoms with Crippen molar-refractivity contribution in [3.8, 4) is 17.2 Å². The second-order valence-electron chi connectivity index (χ2n) is 5.02. The molecule has 0 atom stereocenters. The first kappa shape index (κ1) is 14.2. The molecule has 22 heavy (non-hydrogen) atoms. The first-order valence-corrected chi connectivity index (χ1v) is 6.64. The van der Waals surface area contributed by atoms with Gasteiger partial charge in [-0.2, -0.15) is 18.4 Å².